The molecule has 0 aliphatic carbocycles. The third-order valence-corrected chi connectivity index (χ3v) is 1.34. The van der Waals surface area contributed by atoms with E-state index in [9.17, 15) is 14.4 Å². The van der Waals surface area contributed by atoms with Crippen LogP contribution < -0.4 is 16.0 Å². The van der Waals surface area contributed by atoms with Crippen LogP contribution >= 0.6 is 0 Å². The van der Waals surface area contributed by atoms with Gasteiger partial charge in [0, 0.05) is 0 Å². The van der Waals surface area contributed by atoms with Crippen LogP contribution in [0.15, 0.2) is 0 Å². The van der Waals surface area contributed by atoms with E-state index in [4.69, 9.17) is 0 Å². The van der Waals surface area contributed by atoms with Gasteiger partial charge in [-0.15, -0.1) is 0 Å². The van der Waals surface area contributed by atoms with Crippen LogP contribution in [0.3, 0.4) is 0 Å². The second-order valence-electron chi connectivity index (χ2n) is 2.34. The lowest BCUT2D eigenvalue weighted by Gasteiger charge is -2.18. The van der Waals surface area contributed by atoms with Crippen molar-refractivity contribution < 1.29 is 28.6 Å². The molecule has 0 aliphatic heterocycles. The quantitative estimate of drug-likeness (QED) is 0.441. The molecule has 0 saturated heterocycles. The van der Waals surface area contributed by atoms with Gasteiger partial charge in [-0.2, -0.15) is 0 Å². The van der Waals surface area contributed by atoms with Crippen LogP contribution in [0.5, 0.6) is 0 Å². The minimum Gasteiger partial charge on any atom is -0.453 e. The summed E-state index contributed by atoms with van der Waals surface area (Å²) >= 11 is 0. The average Bonchev–Trinajstić information content (AvgIpc) is 2.28. The maximum absolute atomic E-state index is 10.8. The molecule has 0 atom stereocenters. The van der Waals surface area contributed by atoms with Crippen LogP contribution in [0.25, 0.3) is 0 Å². The Balaban J connectivity index is 4.31. The van der Waals surface area contributed by atoms with Gasteiger partial charge in [0.05, 0.1) is 21.3 Å². The summed E-state index contributed by atoms with van der Waals surface area (Å²) in [6.45, 7) is 0. The first-order valence-corrected chi connectivity index (χ1v) is 4.07. The summed E-state index contributed by atoms with van der Waals surface area (Å²) in [5, 5.41) is 6.34. The number of amides is 3. The lowest BCUT2D eigenvalue weighted by molar-refractivity contribution is 0.139. The highest BCUT2D eigenvalue weighted by atomic mass is 16.6. The Bertz CT molecular complexity index is 226. The standard InChI is InChI=1S/C7H13N3O6/c1-14-5(11)8-4(9-6(12)15-2)10-7(13)16-3/h4H,1-3H3,(H,8,11)(H,9,12)(H,10,13). The van der Waals surface area contributed by atoms with Crippen molar-refractivity contribution in [1.82, 2.24) is 16.0 Å². The van der Waals surface area contributed by atoms with E-state index >= 15 is 0 Å². The number of alkyl carbamates (subject to hydrolysis) is 3. The van der Waals surface area contributed by atoms with Crippen LogP contribution in [0.1, 0.15) is 0 Å². The predicted molar refractivity (Wildman–Crippen MR) is 50.4 cm³/mol. The van der Waals surface area contributed by atoms with Gasteiger partial charge >= 0.3 is 18.3 Å². The molecule has 0 aliphatic rings. The van der Waals surface area contributed by atoms with Crippen molar-refractivity contribution in [3.8, 4) is 0 Å². The molecule has 0 spiro atoms. The Labute approximate surface area is 91.4 Å². The zero-order valence-electron chi connectivity index (χ0n) is 9.03. The van der Waals surface area contributed by atoms with Crippen LogP contribution in [-0.2, 0) is 14.2 Å². The van der Waals surface area contributed by atoms with Gasteiger partial charge in [0.1, 0.15) is 0 Å². The van der Waals surface area contributed by atoms with Crippen LogP contribution in [0.4, 0.5) is 14.4 Å². The van der Waals surface area contributed by atoms with Crippen molar-refractivity contribution >= 4 is 18.3 Å². The summed E-state index contributed by atoms with van der Waals surface area (Å²) in [7, 11) is 3.38. The van der Waals surface area contributed by atoms with E-state index in [2.05, 4.69) is 30.2 Å². The van der Waals surface area contributed by atoms with Gasteiger partial charge in [-0.1, -0.05) is 0 Å². The van der Waals surface area contributed by atoms with Crippen LogP contribution in [0, 0.1) is 0 Å². The Kier molecular flexibility index (Phi) is 6.17. The van der Waals surface area contributed by atoms with Gasteiger partial charge in [-0.05, 0) is 0 Å². The van der Waals surface area contributed by atoms with Gasteiger partial charge in [0.15, 0.2) is 6.29 Å². The molecule has 92 valence electrons. The maximum atomic E-state index is 10.8. The predicted octanol–water partition coefficient (Wildman–Crippen LogP) is -0.662. The Morgan fingerprint density at radius 1 is 0.750 bits per heavy atom. The fourth-order valence-electron chi connectivity index (χ4n) is 0.639. The molecule has 16 heavy (non-hydrogen) atoms. The molecule has 0 saturated carbocycles. The van der Waals surface area contributed by atoms with Crippen molar-refractivity contribution in [2.45, 2.75) is 6.29 Å². The number of ether oxygens (including phenoxy) is 3. The van der Waals surface area contributed by atoms with E-state index < -0.39 is 24.6 Å². The number of hydrogen-bond donors (Lipinski definition) is 3. The van der Waals surface area contributed by atoms with Crippen molar-refractivity contribution in [2.24, 2.45) is 0 Å². The van der Waals surface area contributed by atoms with E-state index in [1.807, 2.05) is 0 Å². The molecule has 0 radical (unpaired) electrons. The van der Waals surface area contributed by atoms with Crippen molar-refractivity contribution in [3.05, 3.63) is 0 Å². The van der Waals surface area contributed by atoms with E-state index in [-0.39, 0.29) is 0 Å². The summed E-state index contributed by atoms with van der Waals surface area (Å²) in [4.78, 5) is 32.5. The van der Waals surface area contributed by atoms with Crippen molar-refractivity contribution in [1.29, 1.82) is 0 Å². The zero-order valence-corrected chi connectivity index (χ0v) is 9.03. The van der Waals surface area contributed by atoms with Gasteiger partial charge in [-0.25, -0.2) is 14.4 Å². The summed E-state index contributed by atoms with van der Waals surface area (Å²) in [5.74, 6) is 0. The molecule has 9 nitrogen and oxygen atoms in total. The molecule has 0 heterocycles. The normalized spacial score (nSPS) is 9.00. The first-order chi connectivity index (χ1) is 7.53. The van der Waals surface area contributed by atoms with Gasteiger partial charge in [0.2, 0.25) is 0 Å². The molecule has 3 N–H and O–H groups in total. The third kappa shape index (κ3) is 5.52. The van der Waals surface area contributed by atoms with Crippen molar-refractivity contribution in [2.75, 3.05) is 21.3 Å². The van der Waals surface area contributed by atoms with Gasteiger partial charge < -0.3 is 14.2 Å². The Morgan fingerprint density at radius 2 is 1.00 bits per heavy atom. The summed E-state index contributed by atoms with van der Waals surface area (Å²) in [5.41, 5.74) is 0. The smallest absolute Gasteiger partial charge is 0.409 e. The molecular formula is C7H13N3O6. The highest BCUT2D eigenvalue weighted by molar-refractivity contribution is 5.73. The number of hydrogen-bond acceptors (Lipinski definition) is 6. The lowest BCUT2D eigenvalue weighted by Crippen LogP contribution is -2.58. The Hall–Kier alpha value is -2.19. The highest BCUT2D eigenvalue weighted by Gasteiger charge is 2.17. The van der Waals surface area contributed by atoms with Crippen molar-refractivity contribution in [3.63, 3.8) is 0 Å². The number of nitrogens with one attached hydrogen (secondary N) is 3. The topological polar surface area (TPSA) is 115 Å². The second kappa shape index (κ2) is 7.15. The second-order valence-corrected chi connectivity index (χ2v) is 2.34. The molecule has 0 fully saturated rings. The Morgan fingerprint density at radius 3 is 1.19 bits per heavy atom. The molecule has 9 heteroatoms. The van der Waals surface area contributed by atoms with E-state index in [0.717, 1.165) is 21.3 Å². The molecule has 0 aromatic heterocycles. The third-order valence-electron chi connectivity index (χ3n) is 1.34. The molecule has 0 unspecified atom stereocenters. The van der Waals surface area contributed by atoms with Gasteiger partial charge in [-0.3, -0.25) is 16.0 Å². The fraction of sp³-hybridized carbons (Fsp3) is 0.571. The summed E-state index contributed by atoms with van der Waals surface area (Å²) < 4.78 is 12.8. The van der Waals surface area contributed by atoms with Gasteiger partial charge in [0.25, 0.3) is 0 Å². The average molecular weight is 235 g/mol. The molecule has 0 aromatic carbocycles. The minimum absolute atomic E-state index is 0.849. The first-order valence-electron chi connectivity index (χ1n) is 4.07. The lowest BCUT2D eigenvalue weighted by atomic mass is 10.7. The minimum atomic E-state index is -1.20. The van der Waals surface area contributed by atoms with E-state index in [0.29, 0.717) is 0 Å². The maximum Gasteiger partial charge on any atom is 0.409 e. The number of methoxy groups -OCH3 is 3. The molecule has 3 amide bonds. The number of carbonyl (C=O) groups excluding carboxylic acids is 3. The molecule has 0 bridgehead atoms. The number of carbonyl (C=O) groups is 3. The summed E-state index contributed by atoms with van der Waals surface area (Å²) in [6, 6.07) is 0. The number of rotatable bonds is 3. The molecule has 0 aromatic rings. The monoisotopic (exact) mass is 235 g/mol. The summed E-state index contributed by atoms with van der Waals surface area (Å²) in [6.07, 6.45) is -3.75. The van der Waals surface area contributed by atoms with E-state index in [1.165, 1.54) is 0 Å². The SMILES string of the molecule is COC(=O)NC(NC(=O)OC)NC(=O)OC. The molecular weight excluding hydrogens is 222 g/mol. The largest absolute Gasteiger partial charge is 0.453 e. The van der Waals surface area contributed by atoms with Crippen LogP contribution in [0.2, 0.25) is 0 Å². The zero-order chi connectivity index (χ0) is 12.6. The first kappa shape index (κ1) is 13.8. The van der Waals surface area contributed by atoms with Crippen LogP contribution in [-0.4, -0.2) is 45.9 Å². The molecule has 0 rings (SSSR count). The fourth-order valence-corrected chi connectivity index (χ4v) is 0.639. The van der Waals surface area contributed by atoms with E-state index in [1.54, 1.807) is 0 Å². The highest BCUT2D eigenvalue weighted by Crippen LogP contribution is 1.82.